The van der Waals surface area contributed by atoms with Gasteiger partial charge in [0, 0.05) is 24.2 Å². The molecule has 34 heavy (non-hydrogen) atoms. The van der Waals surface area contributed by atoms with Crippen LogP contribution in [0.4, 0.5) is 10.2 Å². The molecule has 3 aliphatic rings. The van der Waals surface area contributed by atoms with Gasteiger partial charge in [0.15, 0.2) is 11.6 Å². The van der Waals surface area contributed by atoms with E-state index < -0.39 is 6.17 Å². The fourth-order valence-electron chi connectivity index (χ4n) is 5.23. The number of halogens is 1. The molecule has 3 aromatic rings. The lowest BCUT2D eigenvalue weighted by Crippen LogP contribution is -2.62. The Labute approximate surface area is 195 Å². The summed E-state index contributed by atoms with van der Waals surface area (Å²) in [6.07, 6.45) is 7.92. The van der Waals surface area contributed by atoms with Gasteiger partial charge >= 0.3 is 0 Å². The van der Waals surface area contributed by atoms with E-state index >= 15 is 4.39 Å². The van der Waals surface area contributed by atoms with E-state index in [2.05, 4.69) is 35.5 Å². The van der Waals surface area contributed by atoms with Gasteiger partial charge in [0.25, 0.3) is 5.82 Å². The number of phenols is 1. The highest BCUT2D eigenvalue weighted by molar-refractivity contribution is 5.66. The number of hydrogen-bond donors (Lipinski definition) is 2. The first-order chi connectivity index (χ1) is 16.6. The molecule has 4 atom stereocenters. The molecule has 1 saturated carbocycles. The predicted octanol–water partition coefficient (Wildman–Crippen LogP) is 2.29. The van der Waals surface area contributed by atoms with Gasteiger partial charge in [-0.15, -0.1) is 15.3 Å². The van der Waals surface area contributed by atoms with Crippen LogP contribution in [0.15, 0.2) is 30.7 Å². The summed E-state index contributed by atoms with van der Waals surface area (Å²) in [7, 11) is 0. The normalized spacial score (nSPS) is 26.1. The Bertz CT molecular complexity index is 1240. The van der Waals surface area contributed by atoms with Crippen molar-refractivity contribution in [1.82, 2.24) is 35.3 Å². The maximum absolute atomic E-state index is 15.4. The van der Waals surface area contributed by atoms with Crippen LogP contribution in [0.25, 0.3) is 17.1 Å². The third-order valence-corrected chi connectivity index (χ3v) is 6.99. The zero-order valence-corrected chi connectivity index (χ0v) is 18.4. The van der Waals surface area contributed by atoms with Gasteiger partial charge in [0.1, 0.15) is 24.3 Å². The third kappa shape index (κ3) is 3.74. The number of nitrogens with zero attached hydrogens (tertiary/aromatic N) is 8. The quantitative estimate of drug-likeness (QED) is 0.588. The number of hydrogen-bond acceptors (Lipinski definition) is 9. The summed E-state index contributed by atoms with van der Waals surface area (Å²) >= 11 is 0. The summed E-state index contributed by atoms with van der Waals surface area (Å²) in [6.45, 7) is 0. The van der Waals surface area contributed by atoms with Crippen LogP contribution in [0.3, 0.4) is 0 Å². The van der Waals surface area contributed by atoms with Crippen LogP contribution in [0.5, 0.6) is 5.75 Å². The van der Waals surface area contributed by atoms with Crippen LogP contribution in [0.1, 0.15) is 44.3 Å². The lowest BCUT2D eigenvalue weighted by Gasteiger charge is -2.47. The van der Waals surface area contributed by atoms with Crippen molar-refractivity contribution in [2.45, 2.75) is 68.9 Å². The third-order valence-electron chi connectivity index (χ3n) is 6.99. The molecule has 1 aliphatic carbocycles. The van der Waals surface area contributed by atoms with Crippen molar-refractivity contribution in [3.63, 3.8) is 0 Å². The Morgan fingerprint density at radius 3 is 2.76 bits per heavy atom. The molecule has 11 heteroatoms. The van der Waals surface area contributed by atoms with E-state index in [1.165, 1.54) is 17.1 Å². The van der Waals surface area contributed by atoms with Crippen LogP contribution in [-0.4, -0.2) is 65.4 Å². The van der Waals surface area contributed by atoms with Crippen LogP contribution in [0, 0.1) is 11.3 Å². The number of nitrogens with one attached hydrogen (secondary N) is 1. The molecule has 2 aromatic heterocycles. The second-order valence-corrected chi connectivity index (χ2v) is 9.25. The Hall–Kier alpha value is -3.65. The molecule has 6 rings (SSSR count). The zero-order chi connectivity index (χ0) is 23.2. The van der Waals surface area contributed by atoms with E-state index in [1.54, 1.807) is 18.3 Å². The fourth-order valence-corrected chi connectivity index (χ4v) is 5.23. The summed E-state index contributed by atoms with van der Waals surface area (Å²) in [5, 5.41) is 35.6. The fraction of sp³-hybridized carbons (Fsp3) is 0.478. The van der Waals surface area contributed by atoms with E-state index in [4.69, 9.17) is 5.26 Å². The summed E-state index contributed by atoms with van der Waals surface area (Å²) in [5.41, 5.74) is 0.964. The number of benzene rings is 1. The van der Waals surface area contributed by atoms with Crippen molar-refractivity contribution in [2.24, 2.45) is 0 Å². The van der Waals surface area contributed by atoms with Crippen molar-refractivity contribution >= 4 is 5.82 Å². The van der Waals surface area contributed by atoms with E-state index in [0.717, 1.165) is 38.5 Å². The summed E-state index contributed by atoms with van der Waals surface area (Å²) in [6, 6.07) is 7.07. The molecule has 0 spiro atoms. The summed E-state index contributed by atoms with van der Waals surface area (Å²) in [4.78, 5) is 10.4. The van der Waals surface area contributed by atoms with Crippen molar-refractivity contribution in [1.29, 1.82) is 5.26 Å². The van der Waals surface area contributed by atoms with E-state index in [-0.39, 0.29) is 35.5 Å². The number of nitriles is 1. The van der Waals surface area contributed by atoms with Gasteiger partial charge in [0.2, 0.25) is 0 Å². The number of fused-ring (bicyclic) bond motifs is 2. The predicted molar refractivity (Wildman–Crippen MR) is 120 cm³/mol. The first-order valence-corrected chi connectivity index (χ1v) is 11.6. The molecule has 2 bridgehead atoms. The van der Waals surface area contributed by atoms with E-state index in [9.17, 15) is 5.11 Å². The zero-order valence-electron chi connectivity index (χ0n) is 18.4. The smallest absolute Gasteiger partial charge is 0.252 e. The highest BCUT2D eigenvalue weighted by atomic mass is 19.1. The number of anilines is 1. The maximum Gasteiger partial charge on any atom is 0.252 e. The first-order valence-electron chi connectivity index (χ1n) is 11.6. The van der Waals surface area contributed by atoms with Gasteiger partial charge in [-0.25, -0.2) is 19.0 Å². The van der Waals surface area contributed by atoms with Gasteiger partial charge in [-0.2, -0.15) is 5.26 Å². The topological polar surface area (TPSA) is 129 Å². The molecule has 2 aliphatic heterocycles. The second-order valence-electron chi connectivity index (χ2n) is 9.25. The van der Waals surface area contributed by atoms with Crippen molar-refractivity contribution < 1.29 is 9.50 Å². The molecule has 2 N–H and O–H groups in total. The van der Waals surface area contributed by atoms with Gasteiger partial charge < -0.3 is 15.3 Å². The standard InChI is InChI=1S/C23H24FN9O/c24-22-17-3-1-2-13(28-17)8-18(22)33(14-4-5-14)21-11-26-23(30-29-21)16-7-6-15(9-19(16)34)32-12-27-20(10-25)31-32/h6-7,9,11-14,17-18,22,28,34H,1-5,8H2/t13-,17+,18+,22-/m0/s1. The molecular formula is C23H24FN9O. The monoisotopic (exact) mass is 461 g/mol. The molecule has 4 heterocycles. The van der Waals surface area contributed by atoms with Crippen molar-refractivity contribution in [3.05, 3.63) is 36.5 Å². The molecule has 0 unspecified atom stereocenters. The molecular weight excluding hydrogens is 437 g/mol. The molecule has 0 amide bonds. The number of aromatic hydroxyl groups is 1. The van der Waals surface area contributed by atoms with Gasteiger partial charge in [-0.3, -0.25) is 0 Å². The summed E-state index contributed by atoms with van der Waals surface area (Å²) in [5.74, 6) is 0.857. The minimum absolute atomic E-state index is 0.0415. The lowest BCUT2D eigenvalue weighted by atomic mass is 9.82. The highest BCUT2D eigenvalue weighted by Crippen LogP contribution is 2.39. The largest absolute Gasteiger partial charge is 0.507 e. The summed E-state index contributed by atoms with van der Waals surface area (Å²) < 4.78 is 16.8. The van der Waals surface area contributed by atoms with Gasteiger partial charge in [-0.1, -0.05) is 6.42 Å². The molecule has 2 saturated heterocycles. The molecule has 3 fully saturated rings. The Balaban J connectivity index is 1.25. The number of alkyl halides is 1. The highest BCUT2D eigenvalue weighted by Gasteiger charge is 2.46. The second kappa shape index (κ2) is 8.29. The van der Waals surface area contributed by atoms with Crippen LogP contribution in [0.2, 0.25) is 0 Å². The van der Waals surface area contributed by atoms with Crippen molar-refractivity contribution in [2.75, 3.05) is 4.90 Å². The molecule has 1 aromatic carbocycles. The molecule has 174 valence electrons. The average Bonchev–Trinajstić information content (AvgIpc) is 3.57. The Morgan fingerprint density at radius 2 is 2.06 bits per heavy atom. The van der Waals surface area contributed by atoms with E-state index in [0.29, 0.717) is 23.1 Å². The van der Waals surface area contributed by atoms with Gasteiger partial charge in [-0.05, 0) is 44.2 Å². The minimum atomic E-state index is -0.950. The Kier molecular flexibility index (Phi) is 5.10. The lowest BCUT2D eigenvalue weighted by molar-refractivity contribution is 0.104. The molecule has 10 nitrogen and oxygen atoms in total. The Morgan fingerprint density at radius 1 is 1.18 bits per heavy atom. The number of aromatic nitrogens is 6. The maximum atomic E-state index is 15.4. The van der Waals surface area contributed by atoms with Crippen LogP contribution >= 0.6 is 0 Å². The first kappa shape index (κ1) is 20.9. The number of phenolic OH excluding ortho intramolecular Hbond substituents is 1. The van der Waals surface area contributed by atoms with Crippen LogP contribution in [-0.2, 0) is 0 Å². The SMILES string of the molecule is N#Cc1ncn(-c2ccc(-c3ncc(N(C4CC4)[C@@H]4C[C@@H]5CCC[C@@H](N5)[C@@H]4F)nn3)c(O)c2)n1. The average molecular weight is 462 g/mol. The molecule has 0 radical (unpaired) electrons. The number of piperidine rings is 2. The van der Waals surface area contributed by atoms with Gasteiger partial charge in [0.05, 0.1) is 23.5 Å². The minimum Gasteiger partial charge on any atom is -0.507 e. The number of rotatable bonds is 5. The van der Waals surface area contributed by atoms with Crippen molar-refractivity contribution in [3.8, 4) is 28.9 Å². The van der Waals surface area contributed by atoms with Crippen LogP contribution < -0.4 is 10.2 Å². The van der Waals surface area contributed by atoms with E-state index in [1.807, 2.05) is 6.07 Å².